The summed E-state index contributed by atoms with van der Waals surface area (Å²) in [6, 6.07) is 19.0. The van der Waals surface area contributed by atoms with Crippen LogP contribution in [-0.4, -0.2) is 39.2 Å². The van der Waals surface area contributed by atoms with Gasteiger partial charge in [0.25, 0.3) is 19.7 Å². The molecule has 0 radical (unpaired) electrons. The lowest BCUT2D eigenvalue weighted by Gasteiger charge is -2.09. The molecule has 0 saturated carbocycles. The minimum absolute atomic E-state index is 0.300. The fraction of sp³-hybridized carbons (Fsp3) is 0.364. The van der Waals surface area contributed by atoms with Gasteiger partial charge in [-0.1, -0.05) is 76.6 Å². The summed E-state index contributed by atoms with van der Waals surface area (Å²) >= 11 is 0. The van der Waals surface area contributed by atoms with E-state index in [-0.39, 0.29) is 9.79 Å². The molecule has 0 unspecified atom stereocenters. The van der Waals surface area contributed by atoms with Crippen LogP contribution in [0.3, 0.4) is 0 Å². The maximum absolute atomic E-state index is 13.5. The molecule has 0 aromatic heterocycles. The summed E-state index contributed by atoms with van der Waals surface area (Å²) < 4.78 is 64.2. The van der Waals surface area contributed by atoms with Crippen molar-refractivity contribution < 1.29 is 31.1 Å². The second-order valence-electron chi connectivity index (χ2n) is 10.5. The molecule has 0 aliphatic carbocycles. The van der Waals surface area contributed by atoms with Crippen LogP contribution in [0.25, 0.3) is 27.1 Å². The van der Waals surface area contributed by atoms with Crippen LogP contribution >= 0.6 is 0 Å². The van der Waals surface area contributed by atoms with Crippen molar-refractivity contribution in [3.05, 3.63) is 78.3 Å². The molecule has 0 N–H and O–H groups in total. The van der Waals surface area contributed by atoms with E-state index in [4.69, 9.17) is 9.47 Å². The van der Waals surface area contributed by atoms with E-state index in [0.29, 0.717) is 35.5 Å². The molecule has 0 amide bonds. The van der Waals surface area contributed by atoms with Gasteiger partial charge in [-0.15, -0.1) is 4.79 Å². The van der Waals surface area contributed by atoms with Crippen molar-refractivity contribution >= 4 is 45.6 Å². The van der Waals surface area contributed by atoms with Crippen LogP contribution in [0.15, 0.2) is 82.6 Å². The van der Waals surface area contributed by atoms with E-state index in [0.717, 1.165) is 62.1 Å². The Hall–Kier alpha value is -3.72. The molecule has 0 aliphatic rings. The molecule has 0 aliphatic heterocycles. The third-order valence-electron chi connectivity index (χ3n) is 7.26. The van der Waals surface area contributed by atoms with Crippen molar-refractivity contribution in [2.45, 2.75) is 75.0 Å². The highest BCUT2D eigenvalue weighted by molar-refractivity contribution is 8.31. The number of hydrogen-bond acceptors (Lipinski definition) is 6. The largest absolute Gasteiger partial charge is 0.504 e. The first-order valence-corrected chi connectivity index (χ1v) is 17.7. The zero-order valence-electron chi connectivity index (χ0n) is 24.7. The molecule has 228 valence electrons. The molecular weight excluding hydrogens is 585 g/mol. The summed E-state index contributed by atoms with van der Waals surface area (Å²) in [4.78, 5) is 2.18. The molecule has 4 aromatic rings. The lowest BCUT2D eigenvalue weighted by Crippen LogP contribution is -2.26. The minimum Gasteiger partial charge on any atom is -0.494 e. The lowest BCUT2D eigenvalue weighted by atomic mass is 10.1. The second kappa shape index (κ2) is 14.6. The fourth-order valence-corrected chi connectivity index (χ4v) is 8.22. The maximum Gasteiger partial charge on any atom is 0.504 e. The number of ether oxygens (including phenoxy) is 2. The summed E-state index contributed by atoms with van der Waals surface area (Å²) in [5.74, 6) is 1.34. The van der Waals surface area contributed by atoms with Crippen LogP contribution in [0, 0.1) is 0 Å². The molecule has 4 aromatic carbocycles. The Morgan fingerprint density at radius 3 is 1.37 bits per heavy atom. The SMILES string of the molecule is CCCCCCOc1ccc2cc(S(=O)(=O)C(=[N+]=[N-])S(=O)(=O)c3ccc4cc(OCCCCCC)ccc4c3)ccc2c1. The van der Waals surface area contributed by atoms with Crippen LogP contribution < -0.4 is 9.47 Å². The number of unbranched alkanes of at least 4 members (excludes halogenated alkanes) is 6. The van der Waals surface area contributed by atoms with Gasteiger partial charge in [0.2, 0.25) is 0 Å². The smallest absolute Gasteiger partial charge is 0.494 e. The highest BCUT2D eigenvalue weighted by atomic mass is 32.3. The average molecular weight is 623 g/mol. The Labute approximate surface area is 254 Å². The van der Waals surface area contributed by atoms with Crippen LogP contribution in [-0.2, 0) is 19.7 Å². The average Bonchev–Trinajstić information content (AvgIpc) is 3.00. The molecular formula is C33H38N2O6S2. The summed E-state index contributed by atoms with van der Waals surface area (Å²) in [6.45, 7) is 5.48. The van der Waals surface area contributed by atoms with Gasteiger partial charge in [-0.2, -0.15) is 0 Å². The highest BCUT2D eigenvalue weighted by Gasteiger charge is 2.44. The lowest BCUT2D eigenvalue weighted by molar-refractivity contribution is 0.00380. The molecule has 0 atom stereocenters. The van der Waals surface area contributed by atoms with E-state index in [9.17, 15) is 22.4 Å². The quantitative estimate of drug-likeness (QED) is 0.0466. The van der Waals surface area contributed by atoms with Gasteiger partial charge in [-0.25, -0.2) is 16.8 Å². The Morgan fingerprint density at radius 1 is 0.581 bits per heavy atom. The standard InChI is InChI=1S/C33H38N2O6S2/c1-3-5-7-9-19-40-29-15-11-27-23-31(17-13-25(27)21-29)42(36,37)33(35-34)43(38,39)32-18-14-26-22-30(16-12-28(26)24-32)41-20-10-8-6-4-2/h11-18,21-24H,3-10,19-20H2,1-2H3. The molecule has 8 nitrogen and oxygen atoms in total. The Balaban J connectivity index is 1.54. The molecule has 0 bridgehead atoms. The van der Waals surface area contributed by atoms with Crippen molar-refractivity contribution in [2.75, 3.05) is 13.2 Å². The summed E-state index contributed by atoms with van der Waals surface area (Å²) in [6.07, 6.45) is 8.69. The van der Waals surface area contributed by atoms with Gasteiger partial charge in [0.15, 0.2) is 0 Å². The summed E-state index contributed by atoms with van der Waals surface area (Å²) in [5, 5.41) is 2.61. The van der Waals surface area contributed by atoms with E-state index >= 15 is 0 Å². The normalized spacial score (nSPS) is 11.9. The van der Waals surface area contributed by atoms with Crippen LogP contribution in [0.5, 0.6) is 11.5 Å². The van der Waals surface area contributed by atoms with Gasteiger partial charge < -0.3 is 15.0 Å². The molecule has 4 rings (SSSR count). The van der Waals surface area contributed by atoms with E-state index in [1.165, 1.54) is 24.3 Å². The van der Waals surface area contributed by atoms with Gasteiger partial charge in [-0.05, 0) is 82.9 Å². The van der Waals surface area contributed by atoms with E-state index in [1.807, 2.05) is 0 Å². The monoisotopic (exact) mass is 622 g/mol. The molecule has 10 heteroatoms. The van der Waals surface area contributed by atoms with Crippen molar-refractivity contribution in [3.8, 4) is 11.5 Å². The Morgan fingerprint density at radius 2 is 0.977 bits per heavy atom. The molecule has 0 spiro atoms. The first kappa shape index (κ1) is 32.2. The summed E-state index contributed by atoms with van der Waals surface area (Å²) in [5.41, 5.74) is 9.69. The van der Waals surface area contributed by atoms with Crippen LogP contribution in [0.2, 0.25) is 0 Å². The number of nitrogens with zero attached hydrogens (tertiary/aromatic N) is 2. The van der Waals surface area contributed by atoms with Gasteiger partial charge in [0.05, 0.1) is 23.0 Å². The number of benzene rings is 4. The first-order valence-electron chi connectivity index (χ1n) is 14.8. The van der Waals surface area contributed by atoms with E-state index in [1.54, 1.807) is 48.5 Å². The maximum atomic E-state index is 13.5. The number of sulfone groups is 2. The van der Waals surface area contributed by atoms with E-state index in [2.05, 4.69) is 18.6 Å². The minimum atomic E-state index is -4.70. The van der Waals surface area contributed by atoms with Gasteiger partial charge >= 0.3 is 4.38 Å². The van der Waals surface area contributed by atoms with Crippen molar-refractivity contribution in [1.82, 2.24) is 0 Å². The third kappa shape index (κ3) is 7.82. The number of fused-ring (bicyclic) bond motifs is 2. The Kier molecular flexibility index (Phi) is 11.0. The fourth-order valence-electron chi connectivity index (χ4n) is 4.81. The number of hydrogen-bond donors (Lipinski definition) is 0. The van der Waals surface area contributed by atoms with E-state index < -0.39 is 24.1 Å². The number of rotatable bonds is 14. The van der Waals surface area contributed by atoms with Gasteiger partial charge in [0.1, 0.15) is 11.5 Å². The predicted molar refractivity (Wildman–Crippen MR) is 170 cm³/mol. The Bertz CT molecular complexity index is 1720. The van der Waals surface area contributed by atoms with Gasteiger partial charge in [-0.3, -0.25) is 0 Å². The van der Waals surface area contributed by atoms with Crippen LogP contribution in [0.1, 0.15) is 65.2 Å². The topological polar surface area (TPSA) is 123 Å². The van der Waals surface area contributed by atoms with Crippen molar-refractivity contribution in [3.63, 3.8) is 0 Å². The van der Waals surface area contributed by atoms with Crippen LogP contribution in [0.4, 0.5) is 0 Å². The zero-order chi connectivity index (χ0) is 30.9. The van der Waals surface area contributed by atoms with Crippen molar-refractivity contribution in [2.24, 2.45) is 0 Å². The molecule has 43 heavy (non-hydrogen) atoms. The predicted octanol–water partition coefficient (Wildman–Crippen LogP) is 7.74. The zero-order valence-corrected chi connectivity index (χ0v) is 26.3. The molecule has 0 heterocycles. The molecule has 0 saturated heterocycles. The second-order valence-corrected chi connectivity index (χ2v) is 14.5. The highest BCUT2D eigenvalue weighted by Crippen LogP contribution is 2.29. The van der Waals surface area contributed by atoms with Crippen molar-refractivity contribution in [1.29, 1.82) is 0 Å². The third-order valence-corrected chi connectivity index (χ3v) is 11.4. The van der Waals surface area contributed by atoms with Gasteiger partial charge in [0, 0.05) is 0 Å². The summed E-state index contributed by atoms with van der Waals surface area (Å²) in [7, 11) is -9.40. The molecule has 0 fully saturated rings. The first-order chi connectivity index (χ1) is 20.7.